The molecule has 0 atom stereocenters. The Morgan fingerprint density at radius 2 is 2.29 bits per heavy atom. The predicted octanol–water partition coefficient (Wildman–Crippen LogP) is 1.31. The number of hydrogen-bond donors (Lipinski definition) is 2. The van der Waals surface area contributed by atoms with Crippen molar-refractivity contribution < 1.29 is 4.79 Å². The van der Waals surface area contributed by atoms with Crippen molar-refractivity contribution in [3.63, 3.8) is 0 Å². The van der Waals surface area contributed by atoms with Crippen LogP contribution in [0.15, 0.2) is 6.20 Å². The maximum Gasteiger partial charge on any atom is 0.256 e. The number of nitrogens with zero attached hydrogens (tertiary/aromatic N) is 2. The number of carbonyl (C=O) groups is 1. The lowest BCUT2D eigenvalue weighted by atomic mass is 10.0. The molecular formula is C12H20N4O. The van der Waals surface area contributed by atoms with Crippen LogP contribution < -0.4 is 11.1 Å². The molecule has 0 saturated heterocycles. The monoisotopic (exact) mass is 236 g/mol. The Morgan fingerprint density at radius 3 is 2.88 bits per heavy atom. The van der Waals surface area contributed by atoms with Crippen LogP contribution in [0.25, 0.3) is 0 Å². The van der Waals surface area contributed by atoms with Gasteiger partial charge in [0.15, 0.2) is 0 Å². The van der Waals surface area contributed by atoms with Gasteiger partial charge in [0.2, 0.25) is 0 Å². The fourth-order valence-electron chi connectivity index (χ4n) is 2.41. The Balaban J connectivity index is 1.79. The normalized spacial score (nSPS) is 16.3. The van der Waals surface area contributed by atoms with Crippen molar-refractivity contribution in [3.8, 4) is 0 Å². The van der Waals surface area contributed by atoms with Crippen LogP contribution in [0.1, 0.15) is 42.5 Å². The first-order valence-electron chi connectivity index (χ1n) is 6.24. The van der Waals surface area contributed by atoms with Crippen LogP contribution in [-0.4, -0.2) is 22.2 Å². The maximum atomic E-state index is 11.8. The third-order valence-electron chi connectivity index (χ3n) is 3.54. The fourth-order valence-corrected chi connectivity index (χ4v) is 2.41. The van der Waals surface area contributed by atoms with Crippen molar-refractivity contribution in [2.24, 2.45) is 13.0 Å². The first kappa shape index (κ1) is 12.0. The quantitative estimate of drug-likeness (QED) is 0.828. The van der Waals surface area contributed by atoms with Crippen LogP contribution in [0.2, 0.25) is 0 Å². The molecule has 5 heteroatoms. The van der Waals surface area contributed by atoms with Crippen LogP contribution in [0.3, 0.4) is 0 Å². The smallest absolute Gasteiger partial charge is 0.256 e. The summed E-state index contributed by atoms with van der Waals surface area (Å²) in [5, 5.41) is 6.86. The van der Waals surface area contributed by atoms with Crippen LogP contribution in [0, 0.1) is 5.92 Å². The lowest BCUT2D eigenvalue weighted by molar-refractivity contribution is 0.0952. The molecule has 1 saturated carbocycles. The molecule has 0 bridgehead atoms. The summed E-state index contributed by atoms with van der Waals surface area (Å²) in [5.74, 6) is 1.10. The number of nitrogens with one attached hydrogen (secondary N) is 1. The van der Waals surface area contributed by atoms with E-state index < -0.39 is 0 Å². The molecule has 1 aromatic heterocycles. The molecule has 94 valence electrons. The lowest BCUT2D eigenvalue weighted by Crippen LogP contribution is -2.26. The molecule has 5 nitrogen and oxygen atoms in total. The van der Waals surface area contributed by atoms with Crippen molar-refractivity contribution in [1.82, 2.24) is 15.1 Å². The molecule has 2 rings (SSSR count). The Labute approximate surface area is 101 Å². The van der Waals surface area contributed by atoms with E-state index in [0.29, 0.717) is 11.4 Å². The van der Waals surface area contributed by atoms with Gasteiger partial charge in [-0.15, -0.1) is 0 Å². The number of aryl methyl sites for hydroxylation is 1. The maximum absolute atomic E-state index is 11.8. The lowest BCUT2D eigenvalue weighted by Gasteiger charge is -2.09. The number of nitrogen functional groups attached to an aromatic ring is 1. The molecule has 0 spiro atoms. The van der Waals surface area contributed by atoms with E-state index >= 15 is 0 Å². The molecule has 1 fully saturated rings. The zero-order chi connectivity index (χ0) is 12.3. The van der Waals surface area contributed by atoms with Gasteiger partial charge in [-0.1, -0.05) is 25.7 Å². The van der Waals surface area contributed by atoms with Gasteiger partial charge >= 0.3 is 0 Å². The number of carbonyl (C=O) groups excluding carboxylic acids is 1. The summed E-state index contributed by atoms with van der Waals surface area (Å²) in [7, 11) is 1.73. The van der Waals surface area contributed by atoms with Crippen molar-refractivity contribution in [3.05, 3.63) is 11.8 Å². The number of aromatic nitrogens is 2. The molecular weight excluding hydrogens is 216 g/mol. The van der Waals surface area contributed by atoms with Gasteiger partial charge in [-0.3, -0.25) is 9.48 Å². The van der Waals surface area contributed by atoms with E-state index in [1.165, 1.54) is 36.6 Å². The third kappa shape index (κ3) is 2.78. The number of hydrogen-bond acceptors (Lipinski definition) is 3. The zero-order valence-corrected chi connectivity index (χ0v) is 10.3. The number of amides is 1. The highest BCUT2D eigenvalue weighted by Crippen LogP contribution is 2.26. The second-order valence-corrected chi connectivity index (χ2v) is 4.76. The van der Waals surface area contributed by atoms with Gasteiger partial charge in [0.25, 0.3) is 5.91 Å². The molecule has 17 heavy (non-hydrogen) atoms. The standard InChI is InChI=1S/C12H20N4O/c1-16-11(13)10(8-15-16)12(17)14-7-6-9-4-2-3-5-9/h8-9H,2-7,13H2,1H3,(H,14,17). The highest BCUT2D eigenvalue weighted by molar-refractivity contribution is 5.98. The van der Waals surface area contributed by atoms with Crippen molar-refractivity contribution in [1.29, 1.82) is 0 Å². The Morgan fingerprint density at radius 1 is 1.59 bits per heavy atom. The van der Waals surface area contributed by atoms with Crippen molar-refractivity contribution >= 4 is 11.7 Å². The van der Waals surface area contributed by atoms with E-state index in [1.807, 2.05) is 0 Å². The second-order valence-electron chi connectivity index (χ2n) is 4.76. The van der Waals surface area contributed by atoms with E-state index in [0.717, 1.165) is 18.9 Å². The van der Waals surface area contributed by atoms with Crippen LogP contribution in [0.5, 0.6) is 0 Å². The summed E-state index contributed by atoms with van der Waals surface area (Å²) in [6, 6.07) is 0. The number of nitrogens with two attached hydrogens (primary N) is 1. The van der Waals surface area contributed by atoms with E-state index in [9.17, 15) is 4.79 Å². The average molecular weight is 236 g/mol. The Bertz CT molecular complexity index is 393. The van der Waals surface area contributed by atoms with Gasteiger partial charge in [-0.05, 0) is 12.3 Å². The summed E-state index contributed by atoms with van der Waals surface area (Å²) < 4.78 is 1.51. The van der Waals surface area contributed by atoms with E-state index in [2.05, 4.69) is 10.4 Å². The van der Waals surface area contributed by atoms with E-state index in [1.54, 1.807) is 7.05 Å². The zero-order valence-electron chi connectivity index (χ0n) is 10.3. The molecule has 0 aromatic carbocycles. The second kappa shape index (κ2) is 5.21. The molecule has 1 amide bonds. The van der Waals surface area contributed by atoms with Gasteiger partial charge in [0.05, 0.1) is 6.20 Å². The van der Waals surface area contributed by atoms with Gasteiger partial charge in [-0.25, -0.2) is 0 Å². The average Bonchev–Trinajstić information content (AvgIpc) is 2.91. The van der Waals surface area contributed by atoms with Gasteiger partial charge in [-0.2, -0.15) is 5.10 Å². The first-order chi connectivity index (χ1) is 8.18. The molecule has 1 aliphatic rings. The Kier molecular flexibility index (Phi) is 3.66. The van der Waals surface area contributed by atoms with Crippen molar-refractivity contribution in [2.75, 3.05) is 12.3 Å². The summed E-state index contributed by atoms with van der Waals surface area (Å²) >= 11 is 0. The topological polar surface area (TPSA) is 72.9 Å². The van der Waals surface area contributed by atoms with Crippen LogP contribution in [-0.2, 0) is 7.05 Å². The first-order valence-corrected chi connectivity index (χ1v) is 6.24. The summed E-state index contributed by atoms with van der Waals surface area (Å²) in [4.78, 5) is 11.8. The molecule has 1 aromatic rings. The third-order valence-corrected chi connectivity index (χ3v) is 3.54. The predicted molar refractivity (Wildman–Crippen MR) is 66.5 cm³/mol. The van der Waals surface area contributed by atoms with Crippen LogP contribution in [0.4, 0.5) is 5.82 Å². The SMILES string of the molecule is Cn1ncc(C(=O)NCCC2CCCC2)c1N. The highest BCUT2D eigenvalue weighted by atomic mass is 16.1. The van der Waals surface area contributed by atoms with E-state index in [4.69, 9.17) is 5.73 Å². The molecule has 3 N–H and O–H groups in total. The number of rotatable bonds is 4. The van der Waals surface area contributed by atoms with E-state index in [-0.39, 0.29) is 5.91 Å². The molecule has 1 heterocycles. The summed E-state index contributed by atoms with van der Waals surface area (Å²) in [5.41, 5.74) is 6.21. The summed E-state index contributed by atoms with van der Waals surface area (Å²) in [6.45, 7) is 0.734. The molecule has 0 radical (unpaired) electrons. The highest BCUT2D eigenvalue weighted by Gasteiger charge is 2.16. The fraction of sp³-hybridized carbons (Fsp3) is 0.667. The minimum Gasteiger partial charge on any atom is -0.383 e. The summed E-state index contributed by atoms with van der Waals surface area (Å²) in [6.07, 6.45) is 7.89. The molecule has 0 aliphatic heterocycles. The minimum atomic E-state index is -0.117. The number of anilines is 1. The Hall–Kier alpha value is -1.52. The van der Waals surface area contributed by atoms with Gasteiger partial charge in [0, 0.05) is 13.6 Å². The molecule has 1 aliphatic carbocycles. The van der Waals surface area contributed by atoms with Crippen molar-refractivity contribution in [2.45, 2.75) is 32.1 Å². The van der Waals surface area contributed by atoms with Gasteiger partial charge < -0.3 is 11.1 Å². The largest absolute Gasteiger partial charge is 0.383 e. The minimum absolute atomic E-state index is 0.117. The van der Waals surface area contributed by atoms with Crippen LogP contribution >= 0.6 is 0 Å². The van der Waals surface area contributed by atoms with Gasteiger partial charge in [0.1, 0.15) is 11.4 Å². The molecule has 0 unspecified atom stereocenters.